The summed E-state index contributed by atoms with van der Waals surface area (Å²) < 4.78 is 18.9. The lowest BCUT2D eigenvalue weighted by Gasteiger charge is -2.05. The molecule has 4 aromatic rings. The maximum absolute atomic E-state index is 13.2. The lowest BCUT2D eigenvalue weighted by molar-refractivity contribution is 0.102. The van der Waals surface area contributed by atoms with Crippen LogP contribution < -0.4 is 5.32 Å². The van der Waals surface area contributed by atoms with Crippen molar-refractivity contribution in [2.45, 2.75) is 0 Å². The van der Waals surface area contributed by atoms with E-state index in [1.54, 1.807) is 30.3 Å². The van der Waals surface area contributed by atoms with Gasteiger partial charge in [-0.05, 0) is 48.5 Å². The molecule has 0 spiro atoms. The van der Waals surface area contributed by atoms with Crippen molar-refractivity contribution in [1.82, 2.24) is 9.97 Å². The first-order chi connectivity index (χ1) is 13.0. The lowest BCUT2D eigenvalue weighted by Crippen LogP contribution is -2.12. The largest absolute Gasteiger partial charge is 0.436 e. The normalized spacial score (nSPS) is 10.9. The first kappa shape index (κ1) is 17.5. The number of carbonyl (C=O) groups is 1. The fourth-order valence-electron chi connectivity index (χ4n) is 2.54. The zero-order valence-corrected chi connectivity index (χ0v) is 15.1. The zero-order chi connectivity index (χ0) is 19.0. The van der Waals surface area contributed by atoms with E-state index in [1.165, 1.54) is 24.4 Å². The van der Waals surface area contributed by atoms with Gasteiger partial charge in [-0.2, -0.15) is 0 Å². The molecule has 0 aliphatic carbocycles. The Morgan fingerprint density at radius 3 is 2.74 bits per heavy atom. The number of anilines is 1. The summed E-state index contributed by atoms with van der Waals surface area (Å²) in [5, 5.41) is 3.05. The number of amides is 1. The van der Waals surface area contributed by atoms with Crippen LogP contribution in [0.25, 0.3) is 22.6 Å². The minimum Gasteiger partial charge on any atom is -0.436 e. The molecule has 0 aliphatic heterocycles. The van der Waals surface area contributed by atoms with Crippen molar-refractivity contribution in [1.29, 1.82) is 0 Å². The van der Waals surface area contributed by atoms with Crippen LogP contribution in [0.15, 0.2) is 59.1 Å². The van der Waals surface area contributed by atoms with E-state index in [0.717, 1.165) is 0 Å². The average Bonchev–Trinajstić information content (AvgIpc) is 3.05. The summed E-state index contributed by atoms with van der Waals surface area (Å²) in [5.41, 5.74) is 2.26. The predicted molar refractivity (Wildman–Crippen MR) is 102 cm³/mol. The molecule has 0 bridgehead atoms. The van der Waals surface area contributed by atoms with Crippen molar-refractivity contribution < 1.29 is 13.6 Å². The molecule has 0 unspecified atom stereocenters. The van der Waals surface area contributed by atoms with E-state index in [9.17, 15) is 9.18 Å². The van der Waals surface area contributed by atoms with Crippen LogP contribution in [0.1, 0.15) is 10.4 Å². The monoisotopic (exact) mass is 401 g/mol. The van der Waals surface area contributed by atoms with Crippen molar-refractivity contribution in [2.75, 3.05) is 5.32 Å². The highest BCUT2D eigenvalue weighted by molar-refractivity contribution is 6.33. The van der Waals surface area contributed by atoms with Crippen LogP contribution in [0, 0.1) is 5.82 Å². The minimum atomic E-state index is -0.445. The summed E-state index contributed by atoms with van der Waals surface area (Å²) in [7, 11) is 0. The second-order valence-corrected chi connectivity index (χ2v) is 6.39. The van der Waals surface area contributed by atoms with E-state index in [4.69, 9.17) is 27.6 Å². The number of rotatable bonds is 3. The smallest absolute Gasteiger partial charge is 0.258 e. The van der Waals surface area contributed by atoms with Crippen LogP contribution in [0.5, 0.6) is 0 Å². The van der Waals surface area contributed by atoms with E-state index in [0.29, 0.717) is 22.4 Å². The number of hydrogen-bond acceptors (Lipinski definition) is 4. The van der Waals surface area contributed by atoms with Gasteiger partial charge in [-0.3, -0.25) is 4.79 Å². The van der Waals surface area contributed by atoms with Gasteiger partial charge in [0.1, 0.15) is 16.5 Å². The Labute approximate surface area is 162 Å². The third kappa shape index (κ3) is 3.49. The molecule has 5 nitrogen and oxygen atoms in total. The molecule has 0 radical (unpaired) electrons. The van der Waals surface area contributed by atoms with Gasteiger partial charge in [-0.25, -0.2) is 14.4 Å². The quantitative estimate of drug-likeness (QED) is 0.454. The zero-order valence-electron chi connectivity index (χ0n) is 13.5. The fraction of sp³-hybridized carbons (Fsp3) is 0. The summed E-state index contributed by atoms with van der Waals surface area (Å²) in [6.07, 6.45) is 1.50. The summed E-state index contributed by atoms with van der Waals surface area (Å²) in [6.45, 7) is 0. The Bertz CT molecular complexity index is 1180. The molecular formula is C19H10Cl2FN3O2. The standard InChI is InChI=1S/C19H10Cl2FN3O2/c20-14-8-10(22)3-5-12(14)19-25-15-9-11(4-6-16(15)27-19)24-18(26)13-2-1-7-23-17(13)21/h1-9H,(H,24,26). The van der Waals surface area contributed by atoms with Crippen molar-refractivity contribution in [3.63, 3.8) is 0 Å². The number of aromatic nitrogens is 2. The molecule has 2 aromatic carbocycles. The van der Waals surface area contributed by atoms with Gasteiger partial charge >= 0.3 is 0 Å². The number of halogens is 3. The van der Waals surface area contributed by atoms with Gasteiger partial charge in [-0.1, -0.05) is 23.2 Å². The van der Waals surface area contributed by atoms with Crippen molar-refractivity contribution >= 4 is 45.9 Å². The Hall–Kier alpha value is -2.96. The average molecular weight is 402 g/mol. The molecule has 1 N–H and O–H groups in total. The summed E-state index contributed by atoms with van der Waals surface area (Å²) in [6, 6.07) is 12.2. The number of nitrogens with zero attached hydrogens (tertiary/aromatic N) is 2. The van der Waals surface area contributed by atoms with E-state index < -0.39 is 11.7 Å². The maximum atomic E-state index is 13.2. The van der Waals surface area contributed by atoms with Crippen LogP contribution in [0.2, 0.25) is 10.2 Å². The molecule has 134 valence electrons. The maximum Gasteiger partial charge on any atom is 0.258 e. The number of hydrogen-bond donors (Lipinski definition) is 1. The van der Waals surface area contributed by atoms with Gasteiger partial charge in [-0.15, -0.1) is 0 Å². The van der Waals surface area contributed by atoms with Gasteiger partial charge in [0.05, 0.1) is 16.1 Å². The highest BCUT2D eigenvalue weighted by atomic mass is 35.5. The third-order valence-electron chi connectivity index (χ3n) is 3.81. The van der Waals surface area contributed by atoms with Crippen molar-refractivity contribution in [2.24, 2.45) is 0 Å². The van der Waals surface area contributed by atoms with Crippen LogP contribution in [-0.2, 0) is 0 Å². The Kier molecular flexibility index (Phi) is 4.51. The SMILES string of the molecule is O=C(Nc1ccc2oc(-c3ccc(F)cc3Cl)nc2c1)c1cccnc1Cl. The topological polar surface area (TPSA) is 68.0 Å². The van der Waals surface area contributed by atoms with Gasteiger partial charge < -0.3 is 9.73 Å². The predicted octanol–water partition coefficient (Wildman–Crippen LogP) is 5.59. The Balaban J connectivity index is 1.65. The summed E-state index contributed by atoms with van der Waals surface area (Å²) in [4.78, 5) is 20.6. The molecule has 0 aliphatic rings. The molecule has 0 atom stereocenters. The summed E-state index contributed by atoms with van der Waals surface area (Å²) >= 11 is 12.0. The van der Waals surface area contributed by atoms with Crippen molar-refractivity contribution in [3.8, 4) is 11.5 Å². The van der Waals surface area contributed by atoms with Crippen molar-refractivity contribution in [3.05, 3.63) is 76.3 Å². The van der Waals surface area contributed by atoms with Gasteiger partial charge in [0.25, 0.3) is 5.91 Å². The minimum absolute atomic E-state index is 0.116. The van der Waals surface area contributed by atoms with E-state index in [-0.39, 0.29) is 21.6 Å². The van der Waals surface area contributed by atoms with E-state index >= 15 is 0 Å². The molecule has 2 aromatic heterocycles. The van der Waals surface area contributed by atoms with E-state index in [2.05, 4.69) is 15.3 Å². The highest BCUT2D eigenvalue weighted by Crippen LogP contribution is 2.31. The van der Waals surface area contributed by atoms with Gasteiger partial charge in [0, 0.05) is 11.9 Å². The van der Waals surface area contributed by atoms with Crippen LogP contribution in [0.4, 0.5) is 10.1 Å². The van der Waals surface area contributed by atoms with Crippen LogP contribution in [0.3, 0.4) is 0 Å². The number of fused-ring (bicyclic) bond motifs is 1. The molecule has 1 amide bonds. The molecule has 0 saturated heterocycles. The number of benzene rings is 2. The fourth-order valence-corrected chi connectivity index (χ4v) is 2.99. The number of oxazole rings is 1. The highest BCUT2D eigenvalue weighted by Gasteiger charge is 2.15. The molecule has 0 saturated carbocycles. The molecule has 27 heavy (non-hydrogen) atoms. The Morgan fingerprint density at radius 1 is 1.11 bits per heavy atom. The number of carbonyl (C=O) groups excluding carboxylic acids is 1. The molecule has 4 rings (SSSR count). The van der Waals surface area contributed by atoms with Gasteiger partial charge in [0.2, 0.25) is 5.89 Å². The molecule has 0 fully saturated rings. The van der Waals surface area contributed by atoms with Gasteiger partial charge in [0.15, 0.2) is 5.58 Å². The van der Waals surface area contributed by atoms with Crippen LogP contribution in [-0.4, -0.2) is 15.9 Å². The Morgan fingerprint density at radius 2 is 1.96 bits per heavy atom. The molecule has 2 heterocycles. The molecule has 8 heteroatoms. The van der Waals surface area contributed by atoms with E-state index in [1.807, 2.05) is 0 Å². The van der Waals surface area contributed by atoms with Crippen LogP contribution >= 0.6 is 23.2 Å². The second-order valence-electron chi connectivity index (χ2n) is 5.62. The second kappa shape index (κ2) is 6.98. The first-order valence-corrected chi connectivity index (χ1v) is 8.55. The summed E-state index contributed by atoms with van der Waals surface area (Å²) in [5.74, 6) is -0.578. The number of pyridine rings is 1. The number of nitrogens with one attached hydrogen (secondary N) is 1. The molecular weight excluding hydrogens is 392 g/mol. The third-order valence-corrected chi connectivity index (χ3v) is 4.42. The first-order valence-electron chi connectivity index (χ1n) is 7.79. The lowest BCUT2D eigenvalue weighted by atomic mass is 10.2.